The lowest BCUT2D eigenvalue weighted by Gasteiger charge is -2.49. The standard InChI is InChI=1S/C38H29Cl2F5N6O8/c1-15-6-5-7-17(31(15)52)24-16-8-11-49-35(56)48(10-9-18-32(53)47(2)20-13-23(59-4)22(58-3)12-19(20)46-18)36(57)51(49)21(16)14-37(39)33(54)50(34(55)38(24,37)40)30-28(44)26(42)25(41)27(43)29(30)45/h5-8,12-13,21,24,52H,9-11,14H2,1-4H3. The van der Waals surface area contributed by atoms with Gasteiger partial charge < -0.3 is 19.1 Å². The number of carbonyl (C=O) groups is 2. The number of rotatable bonds is 7. The molecular formula is C38H29Cl2F5N6O8. The predicted molar refractivity (Wildman–Crippen MR) is 200 cm³/mol. The van der Waals surface area contributed by atoms with Crippen LogP contribution in [-0.2, 0) is 36.1 Å². The van der Waals surface area contributed by atoms with Crippen LogP contribution in [0.4, 0.5) is 27.6 Å². The number of methoxy groups -OCH3 is 2. The number of aromatic hydroxyl groups is 1. The Hall–Kier alpha value is -5.95. The normalized spacial score (nSPS) is 22.4. The number of para-hydroxylation sites is 1. The number of phenols is 1. The second-order valence-electron chi connectivity index (χ2n) is 14.3. The monoisotopic (exact) mass is 862 g/mol. The van der Waals surface area contributed by atoms with Crippen LogP contribution in [0.5, 0.6) is 17.2 Å². The summed E-state index contributed by atoms with van der Waals surface area (Å²) in [6.07, 6.45) is 0.351. The van der Waals surface area contributed by atoms with Crippen LogP contribution in [0, 0.1) is 36.0 Å². The van der Waals surface area contributed by atoms with E-state index in [2.05, 4.69) is 4.98 Å². The van der Waals surface area contributed by atoms with E-state index in [1.54, 1.807) is 12.1 Å². The van der Waals surface area contributed by atoms with Gasteiger partial charge in [-0.2, -0.15) is 0 Å². The van der Waals surface area contributed by atoms with Gasteiger partial charge in [-0.25, -0.2) is 55.4 Å². The average Bonchev–Trinajstić information content (AvgIpc) is 3.54. The molecule has 0 radical (unpaired) electrons. The molecule has 2 amide bonds. The third kappa shape index (κ3) is 5.22. The number of amides is 2. The first-order chi connectivity index (χ1) is 27.8. The molecule has 1 saturated heterocycles. The van der Waals surface area contributed by atoms with Crippen LogP contribution in [-0.4, -0.2) is 64.4 Å². The number of halogens is 7. The smallest absolute Gasteiger partial charge is 0.347 e. The van der Waals surface area contributed by atoms with Gasteiger partial charge in [0.15, 0.2) is 44.5 Å². The number of hydrogen-bond donors (Lipinski definition) is 1. The Morgan fingerprint density at radius 2 is 1.53 bits per heavy atom. The molecule has 1 N–H and O–H groups in total. The highest BCUT2D eigenvalue weighted by Gasteiger charge is 2.76. The number of anilines is 1. The minimum Gasteiger partial charge on any atom is -0.507 e. The van der Waals surface area contributed by atoms with E-state index in [-0.39, 0.29) is 46.8 Å². The van der Waals surface area contributed by atoms with Gasteiger partial charge in [0.2, 0.25) is 5.82 Å². The van der Waals surface area contributed by atoms with Crippen molar-refractivity contribution in [3.63, 3.8) is 0 Å². The number of allylic oxidation sites excluding steroid dienone is 2. The topological polar surface area (TPSA) is 160 Å². The Morgan fingerprint density at radius 3 is 2.17 bits per heavy atom. The van der Waals surface area contributed by atoms with E-state index in [1.807, 2.05) is 0 Å². The van der Waals surface area contributed by atoms with Crippen LogP contribution in [0.2, 0.25) is 0 Å². The van der Waals surface area contributed by atoms with Crippen LogP contribution in [0.25, 0.3) is 11.0 Å². The molecule has 4 atom stereocenters. The second-order valence-corrected chi connectivity index (χ2v) is 15.5. The van der Waals surface area contributed by atoms with Crippen LogP contribution in [0.1, 0.15) is 35.2 Å². The van der Waals surface area contributed by atoms with Gasteiger partial charge in [-0.3, -0.25) is 14.4 Å². The van der Waals surface area contributed by atoms with E-state index in [1.165, 1.54) is 57.0 Å². The van der Waals surface area contributed by atoms with Gasteiger partial charge in [0.05, 0.1) is 37.8 Å². The van der Waals surface area contributed by atoms with Gasteiger partial charge in [0.25, 0.3) is 17.4 Å². The molecule has 3 aliphatic rings. The number of imide groups is 1. The second kappa shape index (κ2) is 13.6. The quantitative estimate of drug-likeness (QED) is 0.0632. The van der Waals surface area contributed by atoms with Crippen molar-refractivity contribution in [2.75, 3.05) is 19.1 Å². The Balaban J connectivity index is 1.26. The first-order valence-corrected chi connectivity index (χ1v) is 18.4. The Kier molecular flexibility index (Phi) is 9.15. The van der Waals surface area contributed by atoms with Crippen LogP contribution < -0.4 is 31.3 Å². The number of alkyl halides is 2. The summed E-state index contributed by atoms with van der Waals surface area (Å²) in [6.45, 7) is 0.755. The van der Waals surface area contributed by atoms with Crippen LogP contribution in [0.3, 0.4) is 0 Å². The summed E-state index contributed by atoms with van der Waals surface area (Å²) in [7, 11) is 4.34. The van der Waals surface area contributed by atoms with E-state index in [0.717, 1.165) is 13.9 Å². The third-order valence-electron chi connectivity index (χ3n) is 11.4. The van der Waals surface area contributed by atoms with Gasteiger partial charge in [0.1, 0.15) is 17.1 Å². The van der Waals surface area contributed by atoms with Crippen molar-refractivity contribution in [3.8, 4) is 17.2 Å². The highest BCUT2D eigenvalue weighted by atomic mass is 35.5. The first kappa shape index (κ1) is 39.9. The summed E-state index contributed by atoms with van der Waals surface area (Å²) in [5.41, 5.74) is -3.43. The molecule has 2 aliphatic heterocycles. The van der Waals surface area contributed by atoms with E-state index >= 15 is 8.78 Å². The molecular weight excluding hydrogens is 834 g/mol. The maximum Gasteiger partial charge on any atom is 0.347 e. The minimum atomic E-state index is -2.83. The predicted octanol–water partition coefficient (Wildman–Crippen LogP) is 4.23. The van der Waals surface area contributed by atoms with E-state index in [0.29, 0.717) is 22.5 Å². The largest absolute Gasteiger partial charge is 0.507 e. The van der Waals surface area contributed by atoms with Crippen molar-refractivity contribution in [3.05, 3.63) is 119 Å². The lowest BCUT2D eigenvalue weighted by Crippen LogP contribution is -2.59. The maximum atomic E-state index is 15.3. The summed E-state index contributed by atoms with van der Waals surface area (Å²) in [5, 5.41) is 11.4. The molecule has 4 heterocycles. The number of ether oxygens (including phenoxy) is 2. The Labute approximate surface area is 337 Å². The summed E-state index contributed by atoms with van der Waals surface area (Å²) in [5.74, 6) is -17.4. The van der Waals surface area contributed by atoms with E-state index in [4.69, 9.17) is 32.7 Å². The molecule has 0 bridgehead atoms. The number of aromatic nitrogens is 5. The first-order valence-electron chi connectivity index (χ1n) is 17.7. The van der Waals surface area contributed by atoms with Crippen molar-refractivity contribution in [1.29, 1.82) is 0 Å². The number of carbonyl (C=O) groups excluding carboxylic acids is 2. The minimum absolute atomic E-state index is 0.0194. The fraction of sp³-hybridized carbons (Fsp3) is 0.316. The molecule has 2 aromatic heterocycles. The zero-order chi connectivity index (χ0) is 42.8. The van der Waals surface area contributed by atoms with E-state index < -0.39 is 97.4 Å². The number of phenolic OH excluding ortho intramolecular Hbond substituents is 1. The molecule has 0 spiro atoms. The highest BCUT2D eigenvalue weighted by Crippen LogP contribution is 2.65. The molecule has 3 aromatic carbocycles. The Morgan fingerprint density at radius 1 is 0.898 bits per heavy atom. The molecule has 308 valence electrons. The van der Waals surface area contributed by atoms with Crippen molar-refractivity contribution < 1.29 is 46.1 Å². The molecule has 1 saturated carbocycles. The van der Waals surface area contributed by atoms with Crippen molar-refractivity contribution in [2.24, 2.45) is 7.05 Å². The molecule has 2 fully saturated rings. The molecule has 1 aliphatic carbocycles. The van der Waals surface area contributed by atoms with Gasteiger partial charge in [0, 0.05) is 50.0 Å². The molecule has 5 aromatic rings. The van der Waals surface area contributed by atoms with Crippen LogP contribution in [0.15, 0.2) is 56.4 Å². The average molecular weight is 864 g/mol. The van der Waals surface area contributed by atoms with E-state index in [9.17, 15) is 42.3 Å². The number of aryl methyl sites for hydroxylation is 3. The SMILES string of the molecule is COc1cc2nc(CCn3c(=O)n4n(c3=O)C3CC5(Cl)C(=O)N(c6c(F)c(F)c(F)c(F)c6F)C(=O)C5(Cl)C(c5cccc(C)c5O)C3=CC4)c(=O)n(C)c2cc1OC. The number of hydrogen-bond acceptors (Lipinski definition) is 9. The van der Waals surface area contributed by atoms with Crippen molar-refractivity contribution in [1.82, 2.24) is 23.5 Å². The van der Waals surface area contributed by atoms with Gasteiger partial charge >= 0.3 is 11.4 Å². The number of nitrogens with zero attached hydrogens (tertiary/aromatic N) is 6. The zero-order valence-corrected chi connectivity index (χ0v) is 32.6. The molecule has 4 unspecified atom stereocenters. The molecule has 59 heavy (non-hydrogen) atoms. The van der Waals surface area contributed by atoms with Gasteiger partial charge in [-0.05, 0) is 18.1 Å². The molecule has 14 nitrogen and oxygen atoms in total. The fourth-order valence-corrected chi connectivity index (χ4v) is 9.32. The van der Waals surface area contributed by atoms with Gasteiger partial charge in [-0.15, -0.1) is 23.2 Å². The maximum absolute atomic E-state index is 15.3. The van der Waals surface area contributed by atoms with Crippen molar-refractivity contribution >= 4 is 51.7 Å². The fourth-order valence-electron chi connectivity index (χ4n) is 8.42. The Bertz CT molecular complexity index is 2920. The lowest BCUT2D eigenvalue weighted by molar-refractivity contribution is -0.122. The number of fused-ring (bicyclic) bond motifs is 5. The number of benzene rings is 3. The summed E-state index contributed by atoms with van der Waals surface area (Å²) in [6, 6.07) is 5.94. The summed E-state index contributed by atoms with van der Waals surface area (Å²) in [4.78, 5) is 69.0. The zero-order valence-electron chi connectivity index (χ0n) is 31.1. The summed E-state index contributed by atoms with van der Waals surface area (Å²) < 4.78 is 88.5. The highest BCUT2D eigenvalue weighted by molar-refractivity contribution is 6.58. The molecule has 21 heteroatoms. The van der Waals surface area contributed by atoms with Gasteiger partial charge in [-0.1, -0.05) is 24.3 Å². The lowest BCUT2D eigenvalue weighted by atomic mass is 9.64. The van der Waals surface area contributed by atoms with Crippen LogP contribution >= 0.6 is 23.2 Å². The molecule has 8 rings (SSSR count). The third-order valence-corrected chi connectivity index (χ3v) is 12.8. The van der Waals surface area contributed by atoms with Crippen molar-refractivity contribution in [2.45, 2.75) is 54.6 Å². The summed E-state index contributed by atoms with van der Waals surface area (Å²) >= 11 is 14.2.